The van der Waals surface area contributed by atoms with Crippen LogP contribution in [0.15, 0.2) is 78.4 Å². The first-order valence-electron chi connectivity index (χ1n) is 21.4. The summed E-state index contributed by atoms with van der Waals surface area (Å²) in [6.07, 6.45) is 12.7. The number of hydrogen-bond acceptors (Lipinski definition) is 7. The van der Waals surface area contributed by atoms with Crippen molar-refractivity contribution in [1.29, 1.82) is 0 Å². The third-order valence-electron chi connectivity index (χ3n) is 18.3. The van der Waals surface area contributed by atoms with Crippen LogP contribution in [0.2, 0.25) is 0 Å². The van der Waals surface area contributed by atoms with Gasteiger partial charge in [0.1, 0.15) is 0 Å². The minimum atomic E-state index is -1.32. The van der Waals surface area contributed by atoms with Gasteiger partial charge in [-0.1, -0.05) is 88.4 Å². The van der Waals surface area contributed by atoms with Gasteiger partial charge < -0.3 is 19.8 Å². The molecule has 300 valence electrons. The summed E-state index contributed by atoms with van der Waals surface area (Å²) in [5.74, 6) is -0.335. The van der Waals surface area contributed by atoms with Gasteiger partial charge in [-0.25, -0.2) is 0 Å². The van der Waals surface area contributed by atoms with Crippen LogP contribution in [0.4, 0.5) is 0 Å². The third-order valence-corrected chi connectivity index (χ3v) is 19.3. The molecule has 7 nitrogen and oxygen atoms in total. The summed E-state index contributed by atoms with van der Waals surface area (Å²) in [7, 11) is 0. The molecule has 2 spiro atoms. The van der Waals surface area contributed by atoms with Gasteiger partial charge in [0, 0.05) is 38.7 Å². The lowest BCUT2D eigenvalue weighted by atomic mass is 9.32. The molecule has 4 bridgehead atoms. The summed E-state index contributed by atoms with van der Waals surface area (Å²) >= 11 is 1.54. The van der Waals surface area contributed by atoms with E-state index in [0.717, 1.165) is 57.3 Å². The maximum absolute atomic E-state index is 15.5. The molecule has 2 aromatic carbocycles. The molecule has 8 aliphatic rings. The van der Waals surface area contributed by atoms with E-state index in [1.807, 2.05) is 62.9 Å². The van der Waals surface area contributed by atoms with Crippen LogP contribution in [0.5, 0.6) is 0 Å². The monoisotopic (exact) mass is 787 g/mol. The average Bonchev–Trinajstić information content (AvgIpc) is 3.84. The number of fused-ring (bicyclic) bond motifs is 4. The van der Waals surface area contributed by atoms with Gasteiger partial charge in [0.15, 0.2) is 11.4 Å². The number of carbonyl (C=O) groups excluding carboxylic acids is 3. The van der Waals surface area contributed by atoms with Gasteiger partial charge >= 0.3 is 5.97 Å². The molecule has 10 atom stereocenters. The second-order valence-electron chi connectivity index (χ2n) is 20.5. The van der Waals surface area contributed by atoms with Gasteiger partial charge in [0.2, 0.25) is 0 Å². The molecule has 5 fully saturated rings. The van der Waals surface area contributed by atoms with Crippen molar-refractivity contribution < 1.29 is 29.3 Å². The number of aliphatic hydroxyl groups excluding tert-OH is 1. The minimum absolute atomic E-state index is 0.0496. The largest absolute Gasteiger partial charge is 0.448 e. The predicted octanol–water partition coefficient (Wildman–Crippen LogP) is 9.13. The second kappa shape index (κ2) is 11.8. The van der Waals surface area contributed by atoms with E-state index in [9.17, 15) is 19.8 Å². The van der Waals surface area contributed by atoms with Gasteiger partial charge in [-0.3, -0.25) is 14.4 Å². The van der Waals surface area contributed by atoms with Crippen LogP contribution in [0.3, 0.4) is 0 Å². The number of thiophene rings is 1. The number of nitrogens with zero attached hydrogens (tertiary/aromatic N) is 1. The number of allylic oxidation sites excluding steroid dienone is 4. The standard InChI is InChI=1S/C49H57NO6S/c1-30-14-15-36(57-30)39(52)35-27-46-23-24-48(35)37(43(46,4)19-16-33(51)26-46)17-20-44(5)38(48)18-21-47(44,55)29-50(28-32-12-9-11-31-10-7-8-13-34(31)32)40(53)49-25-22-45(6,41(54)56-49)42(49,2)3/h7-15,23-24,27,33,37-38,51,55H,16-22,25-26,28-29H2,1-6H3. The fraction of sp³-hybridized carbons (Fsp3) is 0.571. The molecule has 7 aliphatic carbocycles. The molecular formula is C49H57NO6S. The SMILES string of the molecule is Cc1ccc(C(=O)C2=CC34C=CC25C(CCC2(C)C5CCC2(O)CN(Cc2cccc5ccccc25)C(=O)C25CCC(C)(C(=O)O2)C5(C)C)C3(C)CCC(O)C4)s1. The number of aliphatic hydroxyl groups is 2. The van der Waals surface area contributed by atoms with E-state index in [-0.39, 0.29) is 48.0 Å². The number of ether oxygens (including phenoxy) is 1. The zero-order chi connectivity index (χ0) is 40.2. The Morgan fingerprint density at radius 2 is 1.58 bits per heavy atom. The van der Waals surface area contributed by atoms with E-state index in [4.69, 9.17) is 4.74 Å². The summed E-state index contributed by atoms with van der Waals surface area (Å²) in [6.45, 7) is 13.0. The lowest BCUT2D eigenvalue weighted by molar-refractivity contribution is -0.187. The number of Topliss-reactive ketones (excluding diaryl/α,β-unsaturated/α-hetero) is 1. The van der Waals surface area contributed by atoms with E-state index in [2.05, 4.69) is 56.3 Å². The molecule has 57 heavy (non-hydrogen) atoms. The molecule has 1 saturated heterocycles. The highest BCUT2D eigenvalue weighted by molar-refractivity contribution is 7.14. The van der Waals surface area contributed by atoms with E-state index in [1.165, 1.54) is 0 Å². The molecule has 11 rings (SSSR count). The maximum Gasteiger partial charge on any atom is 0.313 e. The summed E-state index contributed by atoms with van der Waals surface area (Å²) in [5, 5.41) is 26.8. The lowest BCUT2D eigenvalue weighted by Gasteiger charge is -2.71. The summed E-state index contributed by atoms with van der Waals surface area (Å²) in [6, 6.07) is 18.4. The molecule has 1 aliphatic heterocycles. The molecule has 1 aromatic heterocycles. The quantitative estimate of drug-likeness (QED) is 0.141. The lowest BCUT2D eigenvalue weighted by Crippen LogP contribution is -2.67. The molecule has 3 aromatic rings. The summed E-state index contributed by atoms with van der Waals surface area (Å²) in [5.41, 5.74) is -4.05. The van der Waals surface area contributed by atoms with Crippen molar-refractivity contribution in [2.45, 2.75) is 123 Å². The third kappa shape index (κ3) is 4.48. The first kappa shape index (κ1) is 37.7. The number of rotatable bonds is 7. The van der Waals surface area contributed by atoms with Gasteiger partial charge in [-0.15, -0.1) is 11.3 Å². The van der Waals surface area contributed by atoms with Crippen molar-refractivity contribution >= 4 is 39.8 Å². The van der Waals surface area contributed by atoms with Crippen molar-refractivity contribution in [2.75, 3.05) is 6.54 Å². The topological polar surface area (TPSA) is 104 Å². The van der Waals surface area contributed by atoms with E-state index >= 15 is 4.79 Å². The Bertz CT molecular complexity index is 2320. The number of benzene rings is 2. The normalized spacial score (nSPS) is 42.0. The van der Waals surface area contributed by atoms with Crippen LogP contribution >= 0.6 is 11.3 Å². The molecular weight excluding hydrogens is 731 g/mol. The van der Waals surface area contributed by atoms with Crippen molar-refractivity contribution in [2.24, 2.45) is 44.3 Å². The average molecular weight is 788 g/mol. The smallest absolute Gasteiger partial charge is 0.313 e. The van der Waals surface area contributed by atoms with E-state index in [1.54, 1.807) is 11.3 Å². The van der Waals surface area contributed by atoms with Crippen molar-refractivity contribution in [3.8, 4) is 0 Å². The van der Waals surface area contributed by atoms with Gasteiger partial charge in [0.25, 0.3) is 5.91 Å². The fourth-order valence-electron chi connectivity index (χ4n) is 14.4. The van der Waals surface area contributed by atoms with Crippen molar-refractivity contribution in [3.63, 3.8) is 0 Å². The molecule has 1 amide bonds. The van der Waals surface area contributed by atoms with Crippen molar-refractivity contribution in [1.82, 2.24) is 4.90 Å². The Balaban J connectivity index is 1.08. The van der Waals surface area contributed by atoms with Gasteiger partial charge in [0.05, 0.1) is 28.5 Å². The molecule has 10 unspecified atom stereocenters. The fourth-order valence-corrected chi connectivity index (χ4v) is 15.2. The summed E-state index contributed by atoms with van der Waals surface area (Å²) in [4.78, 5) is 47.7. The van der Waals surface area contributed by atoms with E-state index in [0.29, 0.717) is 32.1 Å². The highest BCUT2D eigenvalue weighted by atomic mass is 32.1. The van der Waals surface area contributed by atoms with E-state index < -0.39 is 44.4 Å². The van der Waals surface area contributed by atoms with Crippen LogP contribution in [-0.4, -0.2) is 56.6 Å². The first-order chi connectivity index (χ1) is 26.9. The maximum atomic E-state index is 15.5. The molecule has 4 saturated carbocycles. The Kier molecular flexibility index (Phi) is 7.79. The number of carbonyl (C=O) groups is 3. The zero-order valence-corrected chi connectivity index (χ0v) is 35.1. The van der Waals surface area contributed by atoms with Crippen molar-refractivity contribution in [3.05, 3.63) is 93.7 Å². The van der Waals surface area contributed by atoms with Crippen LogP contribution in [0.1, 0.15) is 113 Å². The Hall–Kier alpha value is -3.59. The minimum Gasteiger partial charge on any atom is -0.448 e. The predicted molar refractivity (Wildman–Crippen MR) is 221 cm³/mol. The molecule has 2 heterocycles. The second-order valence-corrected chi connectivity index (χ2v) is 21.8. The van der Waals surface area contributed by atoms with Gasteiger partial charge in [-0.2, -0.15) is 0 Å². The van der Waals surface area contributed by atoms with Crippen LogP contribution in [0.25, 0.3) is 10.8 Å². The number of aryl methyl sites for hydroxylation is 1. The van der Waals surface area contributed by atoms with Gasteiger partial charge in [-0.05, 0) is 117 Å². The summed E-state index contributed by atoms with van der Waals surface area (Å²) < 4.78 is 6.24. The number of ketones is 1. The number of esters is 1. The van der Waals surface area contributed by atoms with Crippen LogP contribution in [0, 0.1) is 51.2 Å². The molecule has 2 N–H and O–H groups in total. The first-order valence-corrected chi connectivity index (χ1v) is 22.2. The van der Waals surface area contributed by atoms with Crippen LogP contribution < -0.4 is 0 Å². The number of amides is 1. The number of hydrogen-bond donors (Lipinski definition) is 2. The Morgan fingerprint density at radius 3 is 2.30 bits per heavy atom. The molecule has 0 radical (unpaired) electrons. The Labute approximate surface area is 340 Å². The highest BCUT2D eigenvalue weighted by Gasteiger charge is 2.78. The highest BCUT2D eigenvalue weighted by Crippen LogP contribution is 2.78. The Morgan fingerprint density at radius 1 is 0.860 bits per heavy atom. The zero-order valence-electron chi connectivity index (χ0n) is 34.3. The molecule has 8 heteroatoms. The van der Waals surface area contributed by atoms with Crippen LogP contribution in [-0.2, 0) is 20.9 Å².